The van der Waals surface area contributed by atoms with Crippen LogP contribution in [0.15, 0.2) is 59.8 Å². The van der Waals surface area contributed by atoms with Crippen LogP contribution in [-0.4, -0.2) is 15.0 Å². The van der Waals surface area contributed by atoms with Gasteiger partial charge in [-0.25, -0.2) is 4.98 Å². The molecule has 0 unspecified atom stereocenters. The van der Waals surface area contributed by atoms with Crippen LogP contribution in [0, 0.1) is 0 Å². The van der Waals surface area contributed by atoms with Crippen LogP contribution in [0.5, 0.6) is 0 Å². The Morgan fingerprint density at radius 2 is 1.78 bits per heavy atom. The average Bonchev–Trinajstić information content (AvgIpc) is 2.93. The molecule has 88 valence electrons. The van der Waals surface area contributed by atoms with Crippen LogP contribution in [0.3, 0.4) is 0 Å². The Hall–Kier alpha value is -2.62. The van der Waals surface area contributed by atoms with Gasteiger partial charge in [0.1, 0.15) is 0 Å². The second kappa shape index (κ2) is 4.33. The predicted octanol–water partition coefficient (Wildman–Crippen LogP) is 2.43. The standard InChI is InChI=1S/C14H11N3O/c18-11-6-7-15-13(14-16-8-9-17-14)12(11)10-4-2-1-3-5-10/h1-9H,(H,15,18)(H,16,17). The summed E-state index contributed by atoms with van der Waals surface area (Å²) in [6.07, 6.45) is 5.03. The van der Waals surface area contributed by atoms with Gasteiger partial charge in [0.05, 0.1) is 11.3 Å². The molecule has 0 atom stereocenters. The van der Waals surface area contributed by atoms with E-state index in [4.69, 9.17) is 0 Å². The first-order chi connectivity index (χ1) is 8.86. The van der Waals surface area contributed by atoms with Gasteiger partial charge in [-0.05, 0) is 5.56 Å². The Balaban J connectivity index is 2.29. The van der Waals surface area contributed by atoms with Gasteiger partial charge < -0.3 is 9.97 Å². The Bertz CT molecular complexity index is 699. The molecule has 0 aliphatic carbocycles. The predicted molar refractivity (Wildman–Crippen MR) is 70.1 cm³/mol. The quantitative estimate of drug-likeness (QED) is 0.719. The number of pyridine rings is 1. The van der Waals surface area contributed by atoms with Gasteiger partial charge in [0.25, 0.3) is 0 Å². The molecule has 0 saturated carbocycles. The van der Waals surface area contributed by atoms with Crippen molar-refractivity contribution < 1.29 is 0 Å². The fraction of sp³-hybridized carbons (Fsp3) is 0. The number of benzene rings is 1. The zero-order valence-corrected chi connectivity index (χ0v) is 9.55. The number of H-pyrrole nitrogens is 2. The van der Waals surface area contributed by atoms with Crippen molar-refractivity contribution in [3.8, 4) is 22.6 Å². The van der Waals surface area contributed by atoms with E-state index in [0.29, 0.717) is 17.1 Å². The normalized spacial score (nSPS) is 10.4. The number of nitrogens with one attached hydrogen (secondary N) is 2. The average molecular weight is 237 g/mol. The lowest BCUT2D eigenvalue weighted by Gasteiger charge is -2.06. The molecule has 18 heavy (non-hydrogen) atoms. The first-order valence-corrected chi connectivity index (χ1v) is 5.63. The largest absolute Gasteiger partial charge is 0.358 e. The molecule has 2 N–H and O–H groups in total. The zero-order chi connectivity index (χ0) is 12.4. The number of aromatic nitrogens is 3. The van der Waals surface area contributed by atoms with E-state index in [1.807, 2.05) is 30.3 Å². The summed E-state index contributed by atoms with van der Waals surface area (Å²) in [6.45, 7) is 0. The second-order valence-electron chi connectivity index (χ2n) is 3.90. The topological polar surface area (TPSA) is 61.5 Å². The molecule has 4 nitrogen and oxygen atoms in total. The van der Waals surface area contributed by atoms with Crippen LogP contribution >= 0.6 is 0 Å². The Morgan fingerprint density at radius 1 is 0.944 bits per heavy atom. The third-order valence-electron chi connectivity index (χ3n) is 2.76. The lowest BCUT2D eigenvalue weighted by Crippen LogP contribution is -2.06. The molecule has 0 bridgehead atoms. The molecule has 0 fully saturated rings. The van der Waals surface area contributed by atoms with E-state index < -0.39 is 0 Å². The minimum absolute atomic E-state index is 0.0219. The second-order valence-corrected chi connectivity index (χ2v) is 3.90. The number of nitrogens with zero attached hydrogens (tertiary/aromatic N) is 1. The molecule has 0 spiro atoms. The van der Waals surface area contributed by atoms with E-state index in [9.17, 15) is 4.79 Å². The first-order valence-electron chi connectivity index (χ1n) is 5.63. The fourth-order valence-corrected chi connectivity index (χ4v) is 1.96. The van der Waals surface area contributed by atoms with Crippen molar-refractivity contribution in [3.63, 3.8) is 0 Å². The summed E-state index contributed by atoms with van der Waals surface area (Å²) >= 11 is 0. The summed E-state index contributed by atoms with van der Waals surface area (Å²) in [5.41, 5.74) is 2.20. The maximum Gasteiger partial charge on any atom is 0.190 e. The molecule has 1 aromatic carbocycles. The van der Waals surface area contributed by atoms with Gasteiger partial charge in [0, 0.05) is 24.7 Å². The molecule has 0 radical (unpaired) electrons. The van der Waals surface area contributed by atoms with Crippen molar-refractivity contribution >= 4 is 0 Å². The lowest BCUT2D eigenvalue weighted by molar-refractivity contribution is 1.21. The molecular weight excluding hydrogens is 226 g/mol. The summed E-state index contributed by atoms with van der Waals surface area (Å²) in [7, 11) is 0. The van der Waals surface area contributed by atoms with Crippen LogP contribution in [0.2, 0.25) is 0 Å². The summed E-state index contributed by atoms with van der Waals surface area (Å²) in [6, 6.07) is 11.1. The molecule has 0 aliphatic heterocycles. The Morgan fingerprint density at radius 3 is 2.50 bits per heavy atom. The van der Waals surface area contributed by atoms with Crippen LogP contribution in [0.1, 0.15) is 0 Å². The number of hydrogen-bond donors (Lipinski definition) is 2. The van der Waals surface area contributed by atoms with Crippen LogP contribution in [0.25, 0.3) is 22.6 Å². The molecule has 4 heteroatoms. The van der Waals surface area contributed by atoms with E-state index in [0.717, 1.165) is 5.56 Å². The fourth-order valence-electron chi connectivity index (χ4n) is 1.96. The molecular formula is C14H11N3O. The highest BCUT2D eigenvalue weighted by Crippen LogP contribution is 2.24. The van der Waals surface area contributed by atoms with Crippen molar-refractivity contribution in [3.05, 3.63) is 65.2 Å². The number of imidazole rings is 1. The number of rotatable bonds is 2. The van der Waals surface area contributed by atoms with E-state index >= 15 is 0 Å². The van der Waals surface area contributed by atoms with Gasteiger partial charge in [-0.15, -0.1) is 0 Å². The van der Waals surface area contributed by atoms with E-state index in [2.05, 4.69) is 15.0 Å². The van der Waals surface area contributed by atoms with E-state index in [1.165, 1.54) is 6.07 Å². The third kappa shape index (κ3) is 1.73. The first kappa shape index (κ1) is 10.5. The lowest BCUT2D eigenvalue weighted by atomic mass is 10.0. The SMILES string of the molecule is O=c1cc[nH]c(-c2ncc[nH]2)c1-c1ccccc1. The Kier molecular flexibility index (Phi) is 2.53. The van der Waals surface area contributed by atoms with Gasteiger partial charge in [0.2, 0.25) is 0 Å². The molecule has 0 amide bonds. The van der Waals surface area contributed by atoms with Crippen molar-refractivity contribution in [2.45, 2.75) is 0 Å². The van der Waals surface area contributed by atoms with Gasteiger partial charge in [-0.1, -0.05) is 30.3 Å². The molecule has 3 aromatic rings. The van der Waals surface area contributed by atoms with Gasteiger partial charge >= 0.3 is 0 Å². The van der Waals surface area contributed by atoms with E-state index in [-0.39, 0.29) is 5.43 Å². The van der Waals surface area contributed by atoms with Gasteiger partial charge in [-0.3, -0.25) is 4.79 Å². The van der Waals surface area contributed by atoms with Crippen molar-refractivity contribution in [1.82, 2.24) is 15.0 Å². The van der Waals surface area contributed by atoms with Crippen LogP contribution in [0.4, 0.5) is 0 Å². The molecule has 0 aliphatic rings. The van der Waals surface area contributed by atoms with E-state index in [1.54, 1.807) is 18.6 Å². The monoisotopic (exact) mass is 237 g/mol. The highest BCUT2D eigenvalue weighted by molar-refractivity contribution is 5.77. The van der Waals surface area contributed by atoms with Crippen molar-refractivity contribution in [2.75, 3.05) is 0 Å². The third-order valence-corrected chi connectivity index (χ3v) is 2.76. The van der Waals surface area contributed by atoms with Crippen molar-refractivity contribution in [2.24, 2.45) is 0 Å². The molecule has 0 saturated heterocycles. The molecule has 2 heterocycles. The smallest absolute Gasteiger partial charge is 0.190 e. The summed E-state index contributed by atoms with van der Waals surface area (Å²) in [5, 5.41) is 0. The molecule has 3 rings (SSSR count). The van der Waals surface area contributed by atoms with Gasteiger partial charge in [0.15, 0.2) is 11.3 Å². The Labute approximate surface area is 103 Å². The minimum atomic E-state index is -0.0219. The zero-order valence-electron chi connectivity index (χ0n) is 9.55. The molecule has 2 aromatic heterocycles. The maximum absolute atomic E-state index is 12.1. The van der Waals surface area contributed by atoms with Crippen molar-refractivity contribution in [1.29, 1.82) is 0 Å². The highest BCUT2D eigenvalue weighted by Gasteiger charge is 2.12. The summed E-state index contributed by atoms with van der Waals surface area (Å²) in [4.78, 5) is 22.4. The van der Waals surface area contributed by atoms with Gasteiger partial charge in [-0.2, -0.15) is 0 Å². The minimum Gasteiger partial charge on any atom is -0.358 e. The highest BCUT2D eigenvalue weighted by atomic mass is 16.1. The number of aromatic amines is 2. The maximum atomic E-state index is 12.1. The summed E-state index contributed by atoms with van der Waals surface area (Å²) < 4.78 is 0. The van der Waals surface area contributed by atoms with Crippen LogP contribution in [-0.2, 0) is 0 Å². The summed E-state index contributed by atoms with van der Waals surface area (Å²) in [5.74, 6) is 0.659. The number of hydrogen-bond acceptors (Lipinski definition) is 2. The van der Waals surface area contributed by atoms with Crippen LogP contribution < -0.4 is 5.43 Å².